The zero-order valence-corrected chi connectivity index (χ0v) is 3.98. The number of carboxylic acid groups (broad SMARTS) is 1. The minimum Gasteiger partial charge on any atom is -0.545 e. The van der Waals surface area contributed by atoms with Crippen LogP contribution in [-0.4, -0.2) is 13.1 Å². The van der Waals surface area contributed by atoms with Gasteiger partial charge >= 0.3 is 0 Å². The number of hydrogen-bond acceptors (Lipinski definition) is 2. The summed E-state index contributed by atoms with van der Waals surface area (Å²) in [6, 6.07) is 0. The number of alkyl halides is 1. The van der Waals surface area contributed by atoms with Crippen LogP contribution in [0.3, 0.4) is 0 Å². The first-order valence-electron chi connectivity index (χ1n) is 1.48. The average Bonchev–Trinajstić information content (AvgIpc) is 1.73. The van der Waals surface area contributed by atoms with Crippen LogP contribution in [0, 0.1) is 0 Å². The van der Waals surface area contributed by atoms with Gasteiger partial charge in [-0.2, -0.15) is 0 Å². The lowest BCUT2D eigenvalue weighted by molar-refractivity contribution is -0.297. The van der Waals surface area contributed by atoms with E-state index in [-0.39, 0.29) is 0 Å². The molecule has 3 heteroatoms. The lowest BCUT2D eigenvalue weighted by Gasteiger charge is -1.81. The zero-order valence-electron chi connectivity index (χ0n) is 3.98. The lowest BCUT2D eigenvalue weighted by atomic mass is 10.7. The van der Waals surface area contributed by atoms with Gasteiger partial charge < -0.3 is 9.90 Å². The van der Waals surface area contributed by atoms with Crippen LogP contribution in [0.2, 0.25) is 0 Å². The maximum atomic E-state index is 9.50. The van der Waals surface area contributed by atoms with Crippen molar-refractivity contribution in [1.29, 1.82) is 0 Å². The number of carbonyl (C=O) groups is 1. The molecule has 0 amide bonds. The number of aliphatic carboxylic acids is 1. The standard InChI is InChI=1S/C3H4O2.CH3F/c1-2-3(4)5;1-2/h2H,1H2,(H,4,5);1H3/p-1. The van der Waals surface area contributed by atoms with Crippen molar-refractivity contribution in [1.82, 2.24) is 0 Å². The van der Waals surface area contributed by atoms with E-state index in [1.54, 1.807) is 0 Å². The van der Waals surface area contributed by atoms with Gasteiger partial charge in [0.1, 0.15) is 0 Å². The highest BCUT2D eigenvalue weighted by atomic mass is 19.1. The van der Waals surface area contributed by atoms with Crippen molar-refractivity contribution < 1.29 is 14.3 Å². The molecule has 0 radical (unpaired) electrons. The van der Waals surface area contributed by atoms with E-state index in [2.05, 4.69) is 6.58 Å². The maximum Gasteiger partial charge on any atom is 0.0785 e. The molecule has 0 aliphatic rings. The fourth-order valence-corrected chi connectivity index (χ4v) is 0. The molecular formula is C4H6FO2-. The number of halogens is 1. The highest BCUT2D eigenvalue weighted by molar-refractivity contribution is 5.76. The van der Waals surface area contributed by atoms with E-state index >= 15 is 0 Å². The third-order valence-electron chi connectivity index (χ3n) is 0.167. The molecule has 0 aromatic rings. The van der Waals surface area contributed by atoms with Gasteiger partial charge in [-0.15, -0.1) is 0 Å². The SMILES string of the molecule is C=CC(=O)[O-].CF. The predicted molar refractivity (Wildman–Crippen MR) is 22.2 cm³/mol. The summed E-state index contributed by atoms with van der Waals surface area (Å²) < 4.78 is 9.50. The van der Waals surface area contributed by atoms with Crippen molar-refractivity contribution in [2.45, 2.75) is 0 Å². The van der Waals surface area contributed by atoms with Crippen molar-refractivity contribution in [3.8, 4) is 0 Å². The van der Waals surface area contributed by atoms with Crippen molar-refractivity contribution >= 4 is 5.97 Å². The molecule has 0 spiro atoms. The molecule has 0 saturated carbocycles. The lowest BCUT2D eigenvalue weighted by Crippen LogP contribution is -2.17. The van der Waals surface area contributed by atoms with Crippen LogP contribution in [0.15, 0.2) is 12.7 Å². The van der Waals surface area contributed by atoms with Crippen molar-refractivity contribution in [2.24, 2.45) is 0 Å². The Kier molecular flexibility index (Phi) is 12.1. The number of rotatable bonds is 1. The molecule has 7 heavy (non-hydrogen) atoms. The van der Waals surface area contributed by atoms with E-state index in [0.29, 0.717) is 7.18 Å². The summed E-state index contributed by atoms with van der Waals surface area (Å²) in [7, 11) is 0.500. The van der Waals surface area contributed by atoms with Gasteiger partial charge in [0.25, 0.3) is 0 Å². The molecule has 0 rings (SSSR count). The Bertz CT molecular complexity index is 60.7. The molecule has 0 aromatic carbocycles. The van der Waals surface area contributed by atoms with Gasteiger partial charge in [-0.25, -0.2) is 0 Å². The highest BCUT2D eigenvalue weighted by Gasteiger charge is 1.55. The van der Waals surface area contributed by atoms with Crippen LogP contribution < -0.4 is 5.11 Å². The Hall–Kier alpha value is -0.860. The summed E-state index contributed by atoms with van der Waals surface area (Å²) in [5.41, 5.74) is 0. The van der Waals surface area contributed by atoms with Gasteiger partial charge in [-0.05, 0) is 6.08 Å². The van der Waals surface area contributed by atoms with Crippen LogP contribution in [-0.2, 0) is 4.79 Å². The van der Waals surface area contributed by atoms with Crippen LogP contribution in [0.1, 0.15) is 0 Å². The molecule has 0 unspecified atom stereocenters. The summed E-state index contributed by atoms with van der Waals surface area (Å²) >= 11 is 0. The first-order chi connectivity index (χ1) is 3.27. The normalized spacial score (nSPS) is 5.43. The van der Waals surface area contributed by atoms with Gasteiger partial charge in [0.2, 0.25) is 0 Å². The molecule has 0 atom stereocenters. The minimum absolute atomic E-state index is 0.500. The van der Waals surface area contributed by atoms with Gasteiger partial charge in [0.05, 0.1) is 13.1 Å². The topological polar surface area (TPSA) is 40.1 Å². The van der Waals surface area contributed by atoms with Crippen molar-refractivity contribution in [3.63, 3.8) is 0 Å². The molecule has 42 valence electrons. The fraction of sp³-hybridized carbons (Fsp3) is 0.250. The van der Waals surface area contributed by atoms with E-state index in [4.69, 9.17) is 9.90 Å². The van der Waals surface area contributed by atoms with Crippen molar-refractivity contribution in [3.05, 3.63) is 12.7 Å². The van der Waals surface area contributed by atoms with Gasteiger partial charge in [0, 0.05) is 0 Å². The molecule has 2 nitrogen and oxygen atoms in total. The average molecular weight is 105 g/mol. The van der Waals surface area contributed by atoms with Crippen molar-refractivity contribution in [2.75, 3.05) is 7.18 Å². The second-order valence-corrected chi connectivity index (χ2v) is 0.523. The highest BCUT2D eigenvalue weighted by Crippen LogP contribution is 1.47. The Morgan fingerprint density at radius 1 is 1.86 bits per heavy atom. The predicted octanol–water partition coefficient (Wildman–Crippen LogP) is -0.492. The number of carbonyl (C=O) groups excluding carboxylic acids is 1. The summed E-state index contributed by atoms with van der Waals surface area (Å²) in [5.74, 6) is -1.23. The molecule has 0 heterocycles. The number of carboxylic acids is 1. The van der Waals surface area contributed by atoms with E-state index in [9.17, 15) is 4.39 Å². The van der Waals surface area contributed by atoms with Gasteiger partial charge in [-0.1, -0.05) is 6.58 Å². The van der Waals surface area contributed by atoms with E-state index in [1.165, 1.54) is 0 Å². The zero-order chi connectivity index (χ0) is 6.28. The van der Waals surface area contributed by atoms with E-state index in [0.717, 1.165) is 6.08 Å². The fourth-order valence-electron chi connectivity index (χ4n) is 0. The monoisotopic (exact) mass is 105 g/mol. The van der Waals surface area contributed by atoms with Crippen LogP contribution in [0.25, 0.3) is 0 Å². The molecule has 0 bridgehead atoms. The van der Waals surface area contributed by atoms with Crippen LogP contribution in [0.5, 0.6) is 0 Å². The molecule has 0 fully saturated rings. The summed E-state index contributed by atoms with van der Waals surface area (Å²) in [6.07, 6.45) is 0.722. The first kappa shape index (κ1) is 9.46. The molecule has 0 aliphatic heterocycles. The van der Waals surface area contributed by atoms with E-state index in [1.807, 2.05) is 0 Å². The number of hydrogen-bond donors (Lipinski definition) is 0. The smallest absolute Gasteiger partial charge is 0.0785 e. The second-order valence-electron chi connectivity index (χ2n) is 0.523. The third-order valence-corrected chi connectivity index (χ3v) is 0.167. The Morgan fingerprint density at radius 2 is 2.00 bits per heavy atom. The van der Waals surface area contributed by atoms with E-state index < -0.39 is 5.97 Å². The van der Waals surface area contributed by atoms with Crippen LogP contribution in [0.4, 0.5) is 4.39 Å². The van der Waals surface area contributed by atoms with Gasteiger partial charge in [-0.3, -0.25) is 4.39 Å². The summed E-state index contributed by atoms with van der Waals surface area (Å²) in [6.45, 7) is 2.90. The largest absolute Gasteiger partial charge is 0.545 e. The quantitative estimate of drug-likeness (QED) is 0.422. The molecule has 0 aliphatic carbocycles. The molecule has 0 saturated heterocycles. The minimum atomic E-state index is -1.23. The maximum absolute atomic E-state index is 9.50. The second kappa shape index (κ2) is 8.94. The van der Waals surface area contributed by atoms with Gasteiger partial charge in [0.15, 0.2) is 0 Å². The summed E-state index contributed by atoms with van der Waals surface area (Å²) in [5, 5.41) is 9.14. The Labute approximate surface area is 41.3 Å². The first-order valence-corrected chi connectivity index (χ1v) is 1.48. The molecular weight excluding hydrogens is 99.0 g/mol. The van der Waals surface area contributed by atoms with Crippen LogP contribution >= 0.6 is 0 Å². The molecule has 0 aromatic heterocycles. The third kappa shape index (κ3) is 39.0. The summed E-state index contributed by atoms with van der Waals surface area (Å²) in [4.78, 5) is 9.14. The Morgan fingerprint density at radius 3 is 2.00 bits per heavy atom. The molecule has 0 N–H and O–H groups in total. The Balaban J connectivity index is 0.